The molecule has 0 N–H and O–H groups in total. The van der Waals surface area contributed by atoms with E-state index in [0.717, 1.165) is 0 Å². The van der Waals surface area contributed by atoms with Gasteiger partial charge in [-0.3, -0.25) is 9.36 Å². The Hall–Kier alpha value is -1.62. The highest BCUT2D eigenvalue weighted by atomic mass is 31.2. The van der Waals surface area contributed by atoms with Gasteiger partial charge in [0.25, 0.3) is 0 Å². The van der Waals surface area contributed by atoms with E-state index in [9.17, 15) is 9.36 Å². The molecule has 0 spiro atoms. The summed E-state index contributed by atoms with van der Waals surface area (Å²) in [5.41, 5.74) is 0.543. The molecule has 0 radical (unpaired) electrons. The maximum atomic E-state index is 13.4. The Morgan fingerprint density at radius 1 is 1.17 bits per heavy atom. The number of rotatable bonds is 7. The lowest BCUT2D eigenvalue weighted by Crippen LogP contribution is -2.35. The molecule has 0 saturated carbocycles. The van der Waals surface area contributed by atoms with Crippen LogP contribution in [-0.4, -0.2) is 26.1 Å². The Kier molecular flexibility index (Phi) is 5.63. The van der Waals surface area contributed by atoms with Crippen LogP contribution < -0.4 is 4.74 Å². The summed E-state index contributed by atoms with van der Waals surface area (Å²) in [5.74, 6) is 0.441. The van der Waals surface area contributed by atoms with Crippen LogP contribution in [0.4, 0.5) is 0 Å². The molecule has 1 aliphatic heterocycles. The van der Waals surface area contributed by atoms with Gasteiger partial charge in [0, 0.05) is 11.6 Å². The van der Waals surface area contributed by atoms with Crippen LogP contribution >= 0.6 is 7.60 Å². The first-order valence-corrected chi connectivity index (χ1v) is 8.96. The third-order valence-corrected chi connectivity index (χ3v) is 6.12. The molecular weight excluding hydrogens is 319 g/mol. The fraction of sp³-hybridized carbons (Fsp3) is 0.438. The van der Waals surface area contributed by atoms with Crippen molar-refractivity contribution in [2.24, 2.45) is 0 Å². The summed E-state index contributed by atoms with van der Waals surface area (Å²) < 4.78 is 35.2. The number of carbonyl (C=O) groups excluding carboxylic acids is 1. The molecular formula is C16H21O6P. The topological polar surface area (TPSA) is 71.1 Å². The highest BCUT2D eigenvalue weighted by Gasteiger charge is 2.56. The molecule has 1 aromatic rings. The van der Waals surface area contributed by atoms with Crippen LogP contribution in [0, 0.1) is 0 Å². The molecule has 1 atom stereocenters. The fourth-order valence-electron chi connectivity index (χ4n) is 2.49. The minimum atomic E-state index is -3.74. The normalized spacial score (nSPS) is 21.1. The van der Waals surface area contributed by atoms with Gasteiger partial charge in [-0.05, 0) is 26.0 Å². The van der Waals surface area contributed by atoms with Gasteiger partial charge in [-0.1, -0.05) is 12.1 Å². The van der Waals surface area contributed by atoms with E-state index < -0.39 is 12.9 Å². The first-order valence-electron chi connectivity index (χ1n) is 7.42. The van der Waals surface area contributed by atoms with Crippen molar-refractivity contribution < 1.29 is 27.9 Å². The van der Waals surface area contributed by atoms with Crippen molar-refractivity contribution in [1.82, 2.24) is 0 Å². The molecule has 0 saturated heterocycles. The van der Waals surface area contributed by atoms with Gasteiger partial charge in [0.15, 0.2) is 5.78 Å². The third-order valence-electron chi connectivity index (χ3n) is 3.51. The first kappa shape index (κ1) is 17.7. The molecule has 6 nitrogen and oxygen atoms in total. The predicted molar refractivity (Wildman–Crippen MR) is 85.4 cm³/mol. The Morgan fingerprint density at radius 3 is 2.26 bits per heavy atom. The number of allylic oxidation sites excluding steroid dienone is 1. The Morgan fingerprint density at radius 2 is 1.78 bits per heavy atom. The number of hydrogen-bond donors (Lipinski definition) is 0. The second kappa shape index (κ2) is 7.30. The van der Waals surface area contributed by atoms with Gasteiger partial charge in [-0.2, -0.15) is 0 Å². The largest absolute Gasteiger partial charge is 0.497 e. The summed E-state index contributed by atoms with van der Waals surface area (Å²) in [6, 6.07) is 6.84. The average Bonchev–Trinajstić information content (AvgIpc) is 2.55. The molecule has 2 rings (SSSR count). The van der Waals surface area contributed by atoms with Gasteiger partial charge in [0.2, 0.25) is 5.34 Å². The standard InChI is InChI=1S/C16H21O6P/c1-4-21-23(18,22-5-2)16(12-14(17)10-11-20-16)13-6-8-15(19-3)9-7-13/h6-11H,4-5,12H2,1-3H3. The van der Waals surface area contributed by atoms with Crippen molar-refractivity contribution in [2.75, 3.05) is 20.3 Å². The number of ketones is 1. The number of benzene rings is 1. The molecule has 23 heavy (non-hydrogen) atoms. The van der Waals surface area contributed by atoms with Gasteiger partial charge in [-0.25, -0.2) is 0 Å². The lowest BCUT2D eigenvalue weighted by molar-refractivity contribution is -0.120. The van der Waals surface area contributed by atoms with E-state index in [-0.39, 0.29) is 25.4 Å². The SMILES string of the molecule is CCOP(=O)(OCC)C1(c2ccc(OC)cc2)CC(=O)C=CO1. The van der Waals surface area contributed by atoms with Gasteiger partial charge in [-0.15, -0.1) is 0 Å². The highest BCUT2D eigenvalue weighted by Crippen LogP contribution is 2.67. The number of ether oxygens (including phenoxy) is 2. The molecule has 0 aromatic heterocycles. The number of carbonyl (C=O) groups is 1. The van der Waals surface area contributed by atoms with Crippen molar-refractivity contribution in [2.45, 2.75) is 25.6 Å². The minimum absolute atomic E-state index is 0.118. The lowest BCUT2D eigenvalue weighted by atomic mass is 10.0. The zero-order valence-corrected chi connectivity index (χ0v) is 14.4. The van der Waals surface area contributed by atoms with Crippen LogP contribution in [0.3, 0.4) is 0 Å². The van der Waals surface area contributed by atoms with Gasteiger partial charge in [0.1, 0.15) is 5.75 Å². The average molecular weight is 340 g/mol. The number of hydrogen-bond acceptors (Lipinski definition) is 6. The van der Waals surface area contributed by atoms with Gasteiger partial charge in [0.05, 0.1) is 33.0 Å². The molecule has 1 unspecified atom stereocenters. The summed E-state index contributed by atoms with van der Waals surface area (Å²) >= 11 is 0. The summed E-state index contributed by atoms with van der Waals surface area (Å²) in [6.07, 6.45) is 2.44. The number of methoxy groups -OCH3 is 1. The van der Waals surface area contributed by atoms with Crippen molar-refractivity contribution >= 4 is 13.4 Å². The predicted octanol–water partition coefficient (Wildman–Crippen LogP) is 3.62. The van der Waals surface area contributed by atoms with Crippen LogP contribution in [0.2, 0.25) is 0 Å². The molecule has 0 fully saturated rings. The zero-order valence-electron chi connectivity index (χ0n) is 13.5. The van der Waals surface area contributed by atoms with Crippen LogP contribution in [0.1, 0.15) is 25.8 Å². The molecule has 0 bridgehead atoms. The summed E-state index contributed by atoms with van der Waals surface area (Å²) in [7, 11) is -2.19. The van der Waals surface area contributed by atoms with Crippen molar-refractivity contribution in [3.63, 3.8) is 0 Å². The van der Waals surface area contributed by atoms with Crippen molar-refractivity contribution in [3.05, 3.63) is 42.2 Å². The minimum Gasteiger partial charge on any atom is -0.497 e. The second-order valence-corrected chi connectivity index (χ2v) is 7.14. The van der Waals surface area contributed by atoms with E-state index in [0.29, 0.717) is 11.3 Å². The third kappa shape index (κ3) is 3.34. The van der Waals surface area contributed by atoms with E-state index >= 15 is 0 Å². The fourth-order valence-corrected chi connectivity index (χ4v) is 4.66. The van der Waals surface area contributed by atoms with Crippen molar-refractivity contribution in [1.29, 1.82) is 0 Å². The maximum absolute atomic E-state index is 13.4. The summed E-state index contributed by atoms with van der Waals surface area (Å²) in [6.45, 7) is 3.79. The summed E-state index contributed by atoms with van der Waals surface area (Å²) in [4.78, 5) is 12.0. The van der Waals surface area contributed by atoms with E-state index in [1.54, 1.807) is 45.2 Å². The Labute approximate surface area is 135 Å². The molecule has 1 aliphatic rings. The van der Waals surface area contributed by atoms with Crippen LogP contribution in [0.25, 0.3) is 0 Å². The molecule has 7 heteroatoms. The van der Waals surface area contributed by atoms with E-state index in [1.165, 1.54) is 12.3 Å². The zero-order chi connectivity index (χ0) is 16.9. The monoisotopic (exact) mass is 340 g/mol. The van der Waals surface area contributed by atoms with Gasteiger partial charge >= 0.3 is 7.60 Å². The van der Waals surface area contributed by atoms with Crippen LogP contribution in [0.15, 0.2) is 36.6 Å². The maximum Gasteiger partial charge on any atom is 0.378 e. The smallest absolute Gasteiger partial charge is 0.378 e. The van der Waals surface area contributed by atoms with Crippen molar-refractivity contribution in [3.8, 4) is 5.75 Å². The van der Waals surface area contributed by atoms with E-state index in [2.05, 4.69) is 0 Å². The molecule has 1 heterocycles. The van der Waals surface area contributed by atoms with Gasteiger partial charge < -0.3 is 18.5 Å². The Balaban J connectivity index is 2.57. The quantitative estimate of drug-likeness (QED) is 0.706. The van der Waals surface area contributed by atoms with E-state index in [1.807, 2.05) is 0 Å². The first-order chi connectivity index (χ1) is 11.0. The second-order valence-electron chi connectivity index (χ2n) is 4.91. The van der Waals surface area contributed by atoms with Crippen LogP contribution in [0.5, 0.6) is 5.75 Å². The molecule has 1 aromatic carbocycles. The molecule has 0 amide bonds. The Bertz CT molecular complexity index is 614. The van der Waals surface area contributed by atoms with E-state index in [4.69, 9.17) is 18.5 Å². The molecule has 126 valence electrons. The molecule has 0 aliphatic carbocycles. The van der Waals surface area contributed by atoms with Crippen LogP contribution in [-0.2, 0) is 28.5 Å². The lowest BCUT2D eigenvalue weighted by Gasteiger charge is -2.39. The summed E-state index contributed by atoms with van der Waals surface area (Å²) in [5, 5.41) is -1.49. The highest BCUT2D eigenvalue weighted by molar-refractivity contribution is 7.55.